The van der Waals surface area contributed by atoms with Gasteiger partial charge in [0.15, 0.2) is 5.82 Å². The molecule has 9 heteroatoms. The fourth-order valence-corrected chi connectivity index (χ4v) is 2.42. The number of hydrogen-bond donors (Lipinski definition) is 2. The van der Waals surface area contributed by atoms with Gasteiger partial charge in [-0.2, -0.15) is 4.98 Å². The fraction of sp³-hybridized carbons (Fsp3) is 0.400. The third-order valence-corrected chi connectivity index (χ3v) is 3.63. The molecule has 0 aliphatic heterocycles. The Morgan fingerprint density at radius 1 is 1.37 bits per heavy atom. The van der Waals surface area contributed by atoms with Crippen molar-refractivity contribution in [2.45, 2.75) is 18.1 Å². The third kappa shape index (κ3) is 3.63. The van der Waals surface area contributed by atoms with E-state index in [2.05, 4.69) is 24.7 Å². The van der Waals surface area contributed by atoms with Crippen molar-refractivity contribution in [3.8, 4) is 0 Å². The Hall–Kier alpha value is -1.71. The quantitative estimate of drug-likeness (QED) is 0.731. The Morgan fingerprint density at radius 3 is 2.89 bits per heavy atom. The number of furan rings is 1. The molecule has 0 spiro atoms. The van der Waals surface area contributed by atoms with Crippen molar-refractivity contribution in [1.29, 1.82) is 0 Å². The Labute approximate surface area is 110 Å². The molecule has 0 fully saturated rings. The summed E-state index contributed by atoms with van der Waals surface area (Å²) in [7, 11) is -1.89. The second-order valence-corrected chi connectivity index (χ2v) is 5.44. The van der Waals surface area contributed by atoms with Gasteiger partial charge in [0.1, 0.15) is 5.76 Å². The first-order valence-corrected chi connectivity index (χ1v) is 7.08. The highest BCUT2D eigenvalue weighted by atomic mass is 32.2. The predicted molar refractivity (Wildman–Crippen MR) is 64.7 cm³/mol. The lowest BCUT2D eigenvalue weighted by molar-refractivity contribution is 0.403. The van der Waals surface area contributed by atoms with Crippen LogP contribution in [0.5, 0.6) is 0 Å². The summed E-state index contributed by atoms with van der Waals surface area (Å²) in [6, 6.07) is 3.04. The molecule has 0 aliphatic carbocycles. The van der Waals surface area contributed by atoms with Gasteiger partial charge < -0.3 is 14.3 Å². The molecule has 0 saturated heterocycles. The van der Waals surface area contributed by atoms with Crippen LogP contribution < -0.4 is 10.0 Å². The molecule has 2 N–H and O–H groups in total. The molecule has 2 aromatic heterocycles. The van der Waals surface area contributed by atoms with Crippen molar-refractivity contribution in [3.05, 3.63) is 30.1 Å². The highest BCUT2D eigenvalue weighted by molar-refractivity contribution is 7.89. The van der Waals surface area contributed by atoms with Crippen molar-refractivity contribution in [2.24, 2.45) is 0 Å². The molecule has 0 saturated carbocycles. The van der Waals surface area contributed by atoms with E-state index < -0.39 is 10.0 Å². The molecule has 0 unspecified atom stereocenters. The minimum Gasteiger partial charge on any atom is -0.447 e. The van der Waals surface area contributed by atoms with Crippen molar-refractivity contribution in [2.75, 3.05) is 13.6 Å². The summed E-state index contributed by atoms with van der Waals surface area (Å²) >= 11 is 0. The third-order valence-electron chi connectivity index (χ3n) is 2.30. The van der Waals surface area contributed by atoms with Crippen LogP contribution in [-0.2, 0) is 23.0 Å². The van der Waals surface area contributed by atoms with Gasteiger partial charge in [0.05, 0.1) is 6.54 Å². The number of aromatic nitrogens is 2. The minimum absolute atomic E-state index is 0.106. The fourth-order valence-electron chi connectivity index (χ4n) is 1.44. The van der Waals surface area contributed by atoms with Crippen LogP contribution in [0.1, 0.15) is 11.6 Å². The van der Waals surface area contributed by atoms with Crippen LogP contribution in [-0.4, -0.2) is 32.2 Å². The molecule has 2 rings (SSSR count). The van der Waals surface area contributed by atoms with Crippen LogP contribution in [0.25, 0.3) is 0 Å². The Balaban J connectivity index is 1.93. The van der Waals surface area contributed by atoms with Crippen molar-refractivity contribution < 1.29 is 17.4 Å². The summed E-state index contributed by atoms with van der Waals surface area (Å²) in [5, 5.41) is 6.35. The highest BCUT2D eigenvalue weighted by Gasteiger charge is 2.18. The van der Waals surface area contributed by atoms with Gasteiger partial charge in [0.2, 0.25) is 11.5 Å². The van der Waals surface area contributed by atoms with E-state index in [4.69, 9.17) is 4.42 Å². The zero-order chi connectivity index (χ0) is 13.7. The SMILES string of the molecule is CNCc1ccc(S(=O)(=O)NCCc2ncon2)o1. The summed E-state index contributed by atoms with van der Waals surface area (Å²) in [5.41, 5.74) is 0. The molecular formula is C10H14N4O4S. The van der Waals surface area contributed by atoms with Crippen LogP contribution >= 0.6 is 0 Å². The average molecular weight is 286 g/mol. The lowest BCUT2D eigenvalue weighted by Gasteiger charge is -2.02. The number of nitrogens with one attached hydrogen (secondary N) is 2. The smallest absolute Gasteiger partial charge is 0.273 e. The maximum absolute atomic E-state index is 11.9. The summed E-state index contributed by atoms with van der Waals surface area (Å²) in [6.45, 7) is 0.641. The molecule has 0 aliphatic rings. The van der Waals surface area contributed by atoms with Crippen LogP contribution in [0.4, 0.5) is 0 Å². The first-order chi connectivity index (χ1) is 9.12. The zero-order valence-electron chi connectivity index (χ0n) is 10.3. The maximum atomic E-state index is 11.9. The molecule has 2 aromatic rings. The van der Waals surface area contributed by atoms with Gasteiger partial charge in [-0.1, -0.05) is 5.16 Å². The molecule has 104 valence electrons. The number of rotatable bonds is 7. The van der Waals surface area contributed by atoms with E-state index in [0.717, 1.165) is 0 Å². The lowest BCUT2D eigenvalue weighted by Crippen LogP contribution is -2.25. The van der Waals surface area contributed by atoms with E-state index in [1.807, 2.05) is 0 Å². The van der Waals surface area contributed by atoms with Gasteiger partial charge in [0, 0.05) is 13.0 Å². The normalized spacial score (nSPS) is 11.8. The molecule has 0 radical (unpaired) electrons. The Bertz CT molecular complexity index is 605. The lowest BCUT2D eigenvalue weighted by atomic mass is 10.4. The molecule has 0 amide bonds. The van der Waals surface area contributed by atoms with Gasteiger partial charge in [-0.3, -0.25) is 0 Å². The van der Waals surface area contributed by atoms with Crippen LogP contribution in [0.15, 0.2) is 32.6 Å². The largest absolute Gasteiger partial charge is 0.447 e. The minimum atomic E-state index is -3.64. The second kappa shape index (κ2) is 5.95. The summed E-state index contributed by atoms with van der Waals surface area (Å²) in [4.78, 5) is 3.79. The first kappa shape index (κ1) is 13.7. The molecule has 8 nitrogen and oxygen atoms in total. The van der Waals surface area contributed by atoms with Crippen molar-refractivity contribution in [3.63, 3.8) is 0 Å². The second-order valence-electron chi connectivity index (χ2n) is 3.75. The summed E-state index contributed by atoms with van der Waals surface area (Å²) in [5.74, 6) is 0.999. The Kier molecular flexibility index (Phi) is 4.30. The standard InChI is InChI=1S/C10H14N4O4S/c1-11-6-8-2-3-10(18-8)19(15,16)13-5-4-9-12-7-17-14-9/h2-3,7,11,13H,4-6H2,1H3. The van der Waals surface area contributed by atoms with E-state index in [0.29, 0.717) is 24.6 Å². The molecule has 0 atom stereocenters. The van der Waals surface area contributed by atoms with Gasteiger partial charge in [-0.25, -0.2) is 13.1 Å². The van der Waals surface area contributed by atoms with Gasteiger partial charge in [-0.15, -0.1) is 0 Å². The molecular weight excluding hydrogens is 272 g/mol. The van der Waals surface area contributed by atoms with Gasteiger partial charge in [-0.05, 0) is 19.2 Å². The molecule has 2 heterocycles. The average Bonchev–Trinajstić information content (AvgIpc) is 3.00. The monoisotopic (exact) mass is 286 g/mol. The van der Waals surface area contributed by atoms with E-state index in [9.17, 15) is 8.42 Å². The number of hydrogen-bond acceptors (Lipinski definition) is 7. The van der Waals surface area contributed by atoms with Crippen LogP contribution in [0.2, 0.25) is 0 Å². The van der Waals surface area contributed by atoms with Crippen molar-refractivity contribution in [1.82, 2.24) is 20.2 Å². The Morgan fingerprint density at radius 2 is 2.21 bits per heavy atom. The van der Waals surface area contributed by atoms with Crippen LogP contribution in [0, 0.1) is 0 Å². The van der Waals surface area contributed by atoms with E-state index >= 15 is 0 Å². The van der Waals surface area contributed by atoms with Gasteiger partial charge >= 0.3 is 0 Å². The topological polar surface area (TPSA) is 110 Å². The predicted octanol–water partition coefficient (Wildman–Crippen LogP) is -0.0970. The van der Waals surface area contributed by atoms with Crippen molar-refractivity contribution >= 4 is 10.0 Å². The van der Waals surface area contributed by atoms with Gasteiger partial charge in [0.25, 0.3) is 10.0 Å². The van der Waals surface area contributed by atoms with E-state index in [1.165, 1.54) is 12.5 Å². The summed E-state index contributed by atoms with van der Waals surface area (Å²) < 4.78 is 35.9. The summed E-state index contributed by atoms with van der Waals surface area (Å²) in [6.07, 6.45) is 1.54. The van der Waals surface area contributed by atoms with E-state index in [-0.39, 0.29) is 11.6 Å². The molecule has 19 heavy (non-hydrogen) atoms. The van der Waals surface area contributed by atoms with E-state index in [1.54, 1.807) is 13.1 Å². The molecule has 0 bridgehead atoms. The number of nitrogens with zero attached hydrogens (tertiary/aromatic N) is 2. The molecule has 0 aromatic carbocycles. The first-order valence-electron chi connectivity index (χ1n) is 5.60. The zero-order valence-corrected chi connectivity index (χ0v) is 11.1. The maximum Gasteiger partial charge on any atom is 0.273 e. The number of sulfonamides is 1. The highest BCUT2D eigenvalue weighted by Crippen LogP contribution is 2.13. The van der Waals surface area contributed by atoms with Crippen LogP contribution in [0.3, 0.4) is 0 Å².